The molecule has 1 atom stereocenters. The van der Waals surface area contributed by atoms with Crippen molar-refractivity contribution in [2.45, 2.75) is 19.1 Å². The normalized spacial score (nSPS) is 19.2. The number of hydrogen-bond donors (Lipinski definition) is 0. The molecule has 106 valence electrons. The molecular weight excluding hydrogens is 271 g/mol. The molecule has 0 spiro atoms. The van der Waals surface area contributed by atoms with Crippen LogP contribution in [0.4, 0.5) is 19.0 Å². The summed E-state index contributed by atoms with van der Waals surface area (Å²) >= 11 is 0. The zero-order valence-electron chi connectivity index (χ0n) is 10.5. The molecule has 1 aromatic carbocycles. The number of nitrogens with zero attached hydrogens (tertiary/aromatic N) is 3. The van der Waals surface area contributed by atoms with Gasteiger partial charge in [-0.3, -0.25) is 0 Å². The van der Waals surface area contributed by atoms with Crippen molar-refractivity contribution in [3.05, 3.63) is 30.3 Å². The van der Waals surface area contributed by atoms with Crippen LogP contribution in [0.1, 0.15) is 6.42 Å². The van der Waals surface area contributed by atoms with Gasteiger partial charge in [0, 0.05) is 18.5 Å². The second kappa shape index (κ2) is 5.24. The minimum atomic E-state index is -2.78. The standard InChI is InChI=1S/C13H12F3N3O/c14-8-1-2-11-10(5-8)12(18-7-17-11)19-4-3-9(6-19)20-13(15)16/h1-2,5,7,9,13H,3-4,6H2/t9-/m0/s1. The van der Waals surface area contributed by atoms with Gasteiger partial charge in [-0.15, -0.1) is 0 Å². The van der Waals surface area contributed by atoms with Crippen molar-refractivity contribution < 1.29 is 17.9 Å². The molecule has 0 radical (unpaired) electrons. The number of alkyl halides is 2. The molecule has 0 saturated carbocycles. The quantitative estimate of drug-likeness (QED) is 0.868. The molecule has 1 saturated heterocycles. The smallest absolute Gasteiger partial charge is 0.345 e. The average molecular weight is 283 g/mol. The van der Waals surface area contributed by atoms with E-state index in [-0.39, 0.29) is 5.82 Å². The lowest BCUT2D eigenvalue weighted by Crippen LogP contribution is -2.25. The fourth-order valence-electron chi connectivity index (χ4n) is 2.44. The fourth-order valence-corrected chi connectivity index (χ4v) is 2.44. The van der Waals surface area contributed by atoms with Gasteiger partial charge < -0.3 is 9.64 Å². The van der Waals surface area contributed by atoms with Crippen LogP contribution in [0, 0.1) is 5.82 Å². The number of anilines is 1. The molecule has 1 aliphatic heterocycles. The molecule has 1 aliphatic rings. The monoisotopic (exact) mass is 283 g/mol. The van der Waals surface area contributed by atoms with Crippen LogP contribution in [0.25, 0.3) is 10.9 Å². The first-order chi connectivity index (χ1) is 9.63. The Balaban J connectivity index is 1.89. The summed E-state index contributed by atoms with van der Waals surface area (Å²) in [6.07, 6.45) is 1.34. The Morgan fingerprint density at radius 3 is 2.95 bits per heavy atom. The number of halogens is 3. The van der Waals surface area contributed by atoms with Crippen LogP contribution in [0.3, 0.4) is 0 Å². The Morgan fingerprint density at radius 2 is 2.15 bits per heavy atom. The Hall–Kier alpha value is -1.89. The molecule has 1 aromatic heterocycles. The first kappa shape index (κ1) is 13.1. The van der Waals surface area contributed by atoms with E-state index >= 15 is 0 Å². The molecule has 0 amide bonds. The van der Waals surface area contributed by atoms with E-state index in [1.54, 1.807) is 6.07 Å². The Morgan fingerprint density at radius 1 is 1.30 bits per heavy atom. The summed E-state index contributed by atoms with van der Waals surface area (Å²) in [5, 5.41) is 0.574. The van der Waals surface area contributed by atoms with Gasteiger partial charge in [-0.05, 0) is 24.6 Å². The number of fused-ring (bicyclic) bond motifs is 1. The summed E-state index contributed by atoms with van der Waals surface area (Å²) in [6.45, 7) is -1.92. The first-order valence-electron chi connectivity index (χ1n) is 6.22. The molecule has 7 heteroatoms. The highest BCUT2D eigenvalue weighted by Crippen LogP contribution is 2.27. The third kappa shape index (κ3) is 2.53. The van der Waals surface area contributed by atoms with Crippen molar-refractivity contribution in [1.82, 2.24) is 9.97 Å². The van der Waals surface area contributed by atoms with Gasteiger partial charge in [0.15, 0.2) is 0 Å². The summed E-state index contributed by atoms with van der Waals surface area (Å²) in [5.74, 6) is 0.169. The highest BCUT2D eigenvalue weighted by molar-refractivity contribution is 5.89. The van der Waals surface area contributed by atoms with Crippen LogP contribution in [0.15, 0.2) is 24.5 Å². The van der Waals surface area contributed by atoms with Gasteiger partial charge >= 0.3 is 6.61 Å². The number of aromatic nitrogens is 2. The predicted molar refractivity (Wildman–Crippen MR) is 67.2 cm³/mol. The first-order valence-corrected chi connectivity index (χ1v) is 6.22. The topological polar surface area (TPSA) is 38.2 Å². The molecule has 2 heterocycles. The van der Waals surface area contributed by atoms with E-state index in [4.69, 9.17) is 0 Å². The van der Waals surface area contributed by atoms with E-state index in [2.05, 4.69) is 14.7 Å². The Kier molecular flexibility index (Phi) is 3.43. The molecule has 0 N–H and O–H groups in total. The van der Waals surface area contributed by atoms with Crippen LogP contribution in [0.5, 0.6) is 0 Å². The Bertz CT molecular complexity index is 623. The van der Waals surface area contributed by atoms with Crippen molar-refractivity contribution in [3.8, 4) is 0 Å². The van der Waals surface area contributed by atoms with Gasteiger partial charge in [0.05, 0.1) is 11.6 Å². The van der Waals surface area contributed by atoms with Crippen LogP contribution in [-0.2, 0) is 4.74 Å². The molecule has 0 bridgehead atoms. The van der Waals surface area contributed by atoms with Crippen LogP contribution < -0.4 is 4.90 Å². The molecular formula is C13H12F3N3O. The molecule has 4 nitrogen and oxygen atoms in total. The van der Waals surface area contributed by atoms with Crippen LogP contribution in [0.2, 0.25) is 0 Å². The average Bonchev–Trinajstić information content (AvgIpc) is 2.85. The number of ether oxygens (including phenoxy) is 1. The zero-order valence-corrected chi connectivity index (χ0v) is 10.5. The second-order valence-electron chi connectivity index (χ2n) is 4.61. The zero-order chi connectivity index (χ0) is 14.1. The maximum atomic E-state index is 13.4. The molecule has 0 aliphatic carbocycles. The van der Waals surface area contributed by atoms with Crippen LogP contribution >= 0.6 is 0 Å². The number of rotatable bonds is 3. The largest absolute Gasteiger partial charge is 0.353 e. The van der Waals surface area contributed by atoms with Gasteiger partial charge in [0.2, 0.25) is 0 Å². The SMILES string of the molecule is Fc1ccc2ncnc(N3CC[C@H](OC(F)F)C3)c2c1. The molecule has 0 unspecified atom stereocenters. The van der Waals surface area contributed by atoms with E-state index in [1.165, 1.54) is 18.5 Å². The lowest BCUT2D eigenvalue weighted by molar-refractivity contribution is -0.156. The predicted octanol–water partition coefficient (Wildman–Crippen LogP) is 2.59. The van der Waals surface area contributed by atoms with E-state index < -0.39 is 12.7 Å². The van der Waals surface area contributed by atoms with Crippen molar-refractivity contribution >= 4 is 16.7 Å². The summed E-state index contributed by atoms with van der Waals surface area (Å²) in [5.41, 5.74) is 0.620. The highest BCUT2D eigenvalue weighted by Gasteiger charge is 2.27. The molecule has 2 aromatic rings. The van der Waals surface area contributed by atoms with Crippen molar-refractivity contribution in [1.29, 1.82) is 0 Å². The lowest BCUT2D eigenvalue weighted by Gasteiger charge is -2.19. The summed E-state index contributed by atoms with van der Waals surface area (Å²) in [7, 11) is 0. The summed E-state index contributed by atoms with van der Waals surface area (Å²) in [4.78, 5) is 10.0. The number of hydrogen-bond acceptors (Lipinski definition) is 4. The van der Waals surface area contributed by atoms with Gasteiger partial charge in [0.25, 0.3) is 0 Å². The maximum absolute atomic E-state index is 13.4. The summed E-state index contributed by atoms with van der Waals surface area (Å²) in [6, 6.07) is 4.25. The second-order valence-corrected chi connectivity index (χ2v) is 4.61. The maximum Gasteiger partial charge on any atom is 0.345 e. The van der Waals surface area contributed by atoms with Crippen LogP contribution in [-0.4, -0.2) is 35.8 Å². The third-order valence-electron chi connectivity index (χ3n) is 3.32. The van der Waals surface area contributed by atoms with E-state index in [0.29, 0.717) is 36.2 Å². The van der Waals surface area contributed by atoms with Crippen molar-refractivity contribution in [2.75, 3.05) is 18.0 Å². The van der Waals surface area contributed by atoms with Crippen molar-refractivity contribution in [3.63, 3.8) is 0 Å². The molecule has 20 heavy (non-hydrogen) atoms. The molecule has 3 rings (SSSR count). The highest BCUT2D eigenvalue weighted by atomic mass is 19.3. The van der Waals surface area contributed by atoms with E-state index in [1.807, 2.05) is 4.90 Å². The van der Waals surface area contributed by atoms with Gasteiger partial charge in [-0.1, -0.05) is 0 Å². The minimum absolute atomic E-state index is 0.312. The third-order valence-corrected chi connectivity index (χ3v) is 3.32. The van der Waals surface area contributed by atoms with E-state index in [0.717, 1.165) is 0 Å². The lowest BCUT2D eigenvalue weighted by atomic mass is 10.2. The van der Waals surface area contributed by atoms with Gasteiger partial charge in [0.1, 0.15) is 18.0 Å². The number of benzene rings is 1. The molecule has 1 fully saturated rings. The van der Waals surface area contributed by atoms with Crippen molar-refractivity contribution in [2.24, 2.45) is 0 Å². The summed E-state index contributed by atoms with van der Waals surface area (Å²) < 4.78 is 42.3. The van der Waals surface area contributed by atoms with Gasteiger partial charge in [-0.2, -0.15) is 8.78 Å². The van der Waals surface area contributed by atoms with E-state index in [9.17, 15) is 13.2 Å². The fraction of sp³-hybridized carbons (Fsp3) is 0.385. The minimum Gasteiger partial charge on any atom is -0.353 e. The Labute approximate surface area is 113 Å². The van der Waals surface area contributed by atoms with Gasteiger partial charge in [-0.25, -0.2) is 14.4 Å².